The van der Waals surface area contributed by atoms with Gasteiger partial charge in [0.1, 0.15) is 17.3 Å². The third-order valence-corrected chi connectivity index (χ3v) is 5.55. The lowest BCUT2D eigenvalue weighted by molar-refractivity contribution is 0.0684. The predicted octanol–water partition coefficient (Wildman–Crippen LogP) is 5.13. The van der Waals surface area contributed by atoms with Crippen molar-refractivity contribution in [2.45, 2.75) is 26.6 Å². The first kappa shape index (κ1) is 21.6. The second-order valence-corrected chi connectivity index (χ2v) is 7.82. The fourth-order valence-corrected chi connectivity index (χ4v) is 4.01. The van der Waals surface area contributed by atoms with Crippen LogP contribution in [0.25, 0.3) is 10.9 Å². The number of carboxylic acids is 1. The first-order chi connectivity index (χ1) is 15.5. The zero-order valence-corrected chi connectivity index (χ0v) is 18.1. The van der Waals surface area contributed by atoms with Crippen molar-refractivity contribution in [3.63, 3.8) is 0 Å². The zero-order valence-electron chi connectivity index (χ0n) is 18.1. The van der Waals surface area contributed by atoms with Crippen LogP contribution < -0.4 is 10.1 Å². The van der Waals surface area contributed by atoms with Crippen molar-refractivity contribution < 1.29 is 19.0 Å². The van der Waals surface area contributed by atoms with Gasteiger partial charge in [0.2, 0.25) is 0 Å². The number of aryl methyl sites for hydroxylation is 1. The summed E-state index contributed by atoms with van der Waals surface area (Å²) in [5.74, 6) is -0.524. The van der Waals surface area contributed by atoms with Gasteiger partial charge in [-0.3, -0.25) is 0 Å². The highest BCUT2D eigenvalue weighted by Gasteiger charge is 2.22. The first-order valence-corrected chi connectivity index (χ1v) is 10.4. The maximum atomic E-state index is 13.4. The summed E-state index contributed by atoms with van der Waals surface area (Å²) in [6.07, 6.45) is 0. The molecule has 0 atom stereocenters. The molecule has 0 aliphatic carbocycles. The molecule has 1 heterocycles. The Morgan fingerprint density at radius 2 is 1.81 bits per heavy atom. The van der Waals surface area contributed by atoms with Crippen LogP contribution in [-0.4, -0.2) is 22.8 Å². The molecular weight excluding hydrogens is 407 g/mol. The third-order valence-electron chi connectivity index (χ3n) is 5.55. The summed E-state index contributed by atoms with van der Waals surface area (Å²) in [5.41, 5.74) is 4.76. The minimum Gasteiger partial charge on any atom is -0.497 e. The molecule has 0 saturated carbocycles. The standard InChI is InChI=1S/C26H25FN2O3/c1-17-6-11-22-23(15-28-14-19-4-3-5-21(13-19)32-2)25(26(30)31)29(24(22)12-17)16-18-7-9-20(27)10-8-18/h3-13,28H,14-16H2,1-2H3,(H,30,31). The number of nitrogens with zero attached hydrogens (tertiary/aromatic N) is 1. The number of halogens is 1. The van der Waals surface area contributed by atoms with Crippen molar-refractivity contribution in [3.8, 4) is 5.75 Å². The molecular formula is C26H25FN2O3. The molecule has 164 valence electrons. The van der Waals surface area contributed by atoms with Crippen LogP contribution in [0.1, 0.15) is 32.7 Å². The fraction of sp³-hybridized carbons (Fsp3) is 0.192. The molecule has 4 rings (SSSR count). The molecule has 3 aromatic carbocycles. The van der Waals surface area contributed by atoms with Gasteiger partial charge < -0.3 is 19.7 Å². The van der Waals surface area contributed by atoms with E-state index in [-0.39, 0.29) is 11.5 Å². The van der Waals surface area contributed by atoms with Gasteiger partial charge >= 0.3 is 5.97 Å². The van der Waals surface area contributed by atoms with Crippen LogP contribution >= 0.6 is 0 Å². The molecule has 6 heteroatoms. The Kier molecular flexibility index (Phi) is 6.23. The van der Waals surface area contributed by atoms with Crippen LogP contribution in [0.15, 0.2) is 66.7 Å². The molecule has 0 unspecified atom stereocenters. The highest BCUT2D eigenvalue weighted by Crippen LogP contribution is 2.29. The van der Waals surface area contributed by atoms with Crippen LogP contribution in [0, 0.1) is 12.7 Å². The highest BCUT2D eigenvalue weighted by atomic mass is 19.1. The Bertz CT molecular complexity index is 1260. The van der Waals surface area contributed by atoms with Crippen LogP contribution in [0.2, 0.25) is 0 Å². The van der Waals surface area contributed by atoms with E-state index in [4.69, 9.17) is 4.74 Å². The van der Waals surface area contributed by atoms with Gasteiger partial charge in [-0.25, -0.2) is 9.18 Å². The number of methoxy groups -OCH3 is 1. The molecule has 32 heavy (non-hydrogen) atoms. The van der Waals surface area contributed by atoms with E-state index in [1.165, 1.54) is 12.1 Å². The molecule has 0 aliphatic rings. The van der Waals surface area contributed by atoms with E-state index in [1.54, 1.807) is 23.8 Å². The van der Waals surface area contributed by atoms with Gasteiger partial charge in [-0.2, -0.15) is 0 Å². The number of nitrogens with one attached hydrogen (secondary N) is 1. The second-order valence-electron chi connectivity index (χ2n) is 7.82. The molecule has 0 amide bonds. The van der Waals surface area contributed by atoms with Crippen molar-refractivity contribution >= 4 is 16.9 Å². The highest BCUT2D eigenvalue weighted by molar-refractivity contribution is 5.98. The van der Waals surface area contributed by atoms with Crippen molar-refractivity contribution in [1.29, 1.82) is 0 Å². The number of fused-ring (bicyclic) bond motifs is 1. The number of hydrogen-bond acceptors (Lipinski definition) is 3. The van der Waals surface area contributed by atoms with Gasteiger partial charge in [0.25, 0.3) is 0 Å². The molecule has 5 nitrogen and oxygen atoms in total. The van der Waals surface area contributed by atoms with E-state index >= 15 is 0 Å². The average Bonchev–Trinajstić information content (AvgIpc) is 3.08. The van der Waals surface area contributed by atoms with Crippen LogP contribution in [-0.2, 0) is 19.6 Å². The van der Waals surface area contributed by atoms with E-state index in [2.05, 4.69) is 5.32 Å². The maximum absolute atomic E-state index is 13.4. The number of ether oxygens (including phenoxy) is 1. The Morgan fingerprint density at radius 1 is 1.03 bits per heavy atom. The number of benzene rings is 3. The topological polar surface area (TPSA) is 63.5 Å². The molecule has 0 saturated heterocycles. The Labute approximate surface area is 186 Å². The fourth-order valence-electron chi connectivity index (χ4n) is 4.01. The lowest BCUT2D eigenvalue weighted by Crippen LogP contribution is -2.17. The van der Waals surface area contributed by atoms with Crippen molar-refractivity contribution in [3.05, 3.63) is 100 Å². The molecule has 0 aliphatic heterocycles. The lowest BCUT2D eigenvalue weighted by atomic mass is 10.1. The number of carbonyl (C=O) groups is 1. The molecule has 0 fully saturated rings. The van der Waals surface area contributed by atoms with Gasteiger partial charge in [0.15, 0.2) is 0 Å². The molecule has 2 N–H and O–H groups in total. The first-order valence-electron chi connectivity index (χ1n) is 10.4. The van der Waals surface area contributed by atoms with Crippen molar-refractivity contribution in [2.24, 2.45) is 0 Å². The minimum absolute atomic E-state index is 0.244. The summed E-state index contributed by atoms with van der Waals surface area (Å²) < 4.78 is 20.4. The van der Waals surface area contributed by atoms with E-state index in [1.807, 2.05) is 49.4 Å². The Balaban J connectivity index is 1.70. The van der Waals surface area contributed by atoms with E-state index in [0.29, 0.717) is 19.6 Å². The zero-order chi connectivity index (χ0) is 22.7. The maximum Gasteiger partial charge on any atom is 0.352 e. The summed E-state index contributed by atoms with van der Waals surface area (Å²) in [6.45, 7) is 3.30. The van der Waals surface area contributed by atoms with Crippen molar-refractivity contribution in [2.75, 3.05) is 7.11 Å². The Hall–Kier alpha value is -3.64. The minimum atomic E-state index is -0.987. The summed E-state index contributed by atoms with van der Waals surface area (Å²) in [5, 5.41) is 14.4. The van der Waals surface area contributed by atoms with Crippen LogP contribution in [0.3, 0.4) is 0 Å². The summed E-state index contributed by atoms with van der Waals surface area (Å²) in [4.78, 5) is 12.3. The third kappa shape index (κ3) is 4.50. The monoisotopic (exact) mass is 432 g/mol. The largest absolute Gasteiger partial charge is 0.497 e. The van der Waals surface area contributed by atoms with Crippen molar-refractivity contribution in [1.82, 2.24) is 9.88 Å². The number of carboxylic acid groups (broad SMARTS) is 1. The van der Waals surface area contributed by atoms with Gasteiger partial charge in [-0.1, -0.05) is 36.4 Å². The SMILES string of the molecule is COc1cccc(CNCc2c(C(=O)O)n(Cc3ccc(F)cc3)c3cc(C)ccc23)c1. The van der Waals surface area contributed by atoms with Crippen LogP contribution in [0.4, 0.5) is 4.39 Å². The van der Waals surface area contributed by atoms with Gasteiger partial charge in [0, 0.05) is 36.1 Å². The normalized spacial score (nSPS) is 11.1. The number of rotatable bonds is 8. The average molecular weight is 432 g/mol. The summed E-state index contributed by atoms with van der Waals surface area (Å²) in [6, 6.07) is 19.9. The summed E-state index contributed by atoms with van der Waals surface area (Å²) in [7, 11) is 1.63. The van der Waals surface area contributed by atoms with E-state index in [0.717, 1.165) is 38.9 Å². The molecule has 1 aromatic heterocycles. The summed E-state index contributed by atoms with van der Waals surface area (Å²) >= 11 is 0. The van der Waals surface area contributed by atoms with E-state index < -0.39 is 5.97 Å². The number of aromatic nitrogens is 1. The van der Waals surface area contributed by atoms with Gasteiger partial charge in [0.05, 0.1) is 7.11 Å². The smallest absolute Gasteiger partial charge is 0.352 e. The number of aromatic carboxylic acids is 1. The lowest BCUT2D eigenvalue weighted by Gasteiger charge is -2.10. The molecule has 0 spiro atoms. The second kappa shape index (κ2) is 9.24. The van der Waals surface area contributed by atoms with Gasteiger partial charge in [-0.05, 0) is 53.9 Å². The quantitative estimate of drug-likeness (QED) is 0.405. The molecule has 4 aromatic rings. The van der Waals surface area contributed by atoms with Gasteiger partial charge in [-0.15, -0.1) is 0 Å². The molecule has 0 radical (unpaired) electrons. The predicted molar refractivity (Wildman–Crippen MR) is 123 cm³/mol. The molecule has 0 bridgehead atoms. The van der Waals surface area contributed by atoms with E-state index in [9.17, 15) is 14.3 Å². The number of hydrogen-bond donors (Lipinski definition) is 2. The Morgan fingerprint density at radius 3 is 2.53 bits per heavy atom. The van der Waals surface area contributed by atoms with Crippen LogP contribution in [0.5, 0.6) is 5.75 Å².